The number of hydrogen-bond acceptors (Lipinski definition) is 3. The Labute approximate surface area is 104 Å². The molecule has 1 aromatic carbocycles. The van der Waals surface area contributed by atoms with Crippen molar-refractivity contribution >= 4 is 23.2 Å². The maximum absolute atomic E-state index is 6.06. The van der Waals surface area contributed by atoms with Gasteiger partial charge in [-0.3, -0.25) is 0 Å². The highest BCUT2D eigenvalue weighted by molar-refractivity contribution is 6.33. The monoisotopic (exact) mass is 261 g/mol. The molecule has 1 unspecified atom stereocenters. The third-order valence-electron chi connectivity index (χ3n) is 2.49. The van der Waals surface area contributed by atoms with Gasteiger partial charge in [-0.05, 0) is 23.8 Å². The second kappa shape index (κ2) is 5.34. The van der Waals surface area contributed by atoms with Gasteiger partial charge in [-0.25, -0.2) is 0 Å². The molecule has 1 aromatic rings. The van der Waals surface area contributed by atoms with E-state index in [9.17, 15) is 0 Å². The SMILES string of the molecule is NC(CC1OCCO1)c1cc(Cl)ccc1Cl. The molecule has 1 saturated heterocycles. The smallest absolute Gasteiger partial charge is 0.159 e. The topological polar surface area (TPSA) is 44.5 Å². The summed E-state index contributed by atoms with van der Waals surface area (Å²) in [7, 11) is 0. The molecule has 1 fully saturated rings. The maximum Gasteiger partial charge on any atom is 0.159 e. The van der Waals surface area contributed by atoms with Gasteiger partial charge >= 0.3 is 0 Å². The molecule has 0 saturated carbocycles. The van der Waals surface area contributed by atoms with Crippen molar-refractivity contribution in [2.75, 3.05) is 13.2 Å². The Morgan fingerprint density at radius 1 is 1.31 bits per heavy atom. The summed E-state index contributed by atoms with van der Waals surface area (Å²) in [6.45, 7) is 1.25. The van der Waals surface area contributed by atoms with Crippen LogP contribution in [0.2, 0.25) is 10.0 Å². The van der Waals surface area contributed by atoms with Gasteiger partial charge in [-0.15, -0.1) is 0 Å². The zero-order valence-corrected chi connectivity index (χ0v) is 10.2. The average Bonchev–Trinajstić information content (AvgIpc) is 2.74. The van der Waals surface area contributed by atoms with E-state index in [0.717, 1.165) is 5.56 Å². The summed E-state index contributed by atoms with van der Waals surface area (Å²) in [5.74, 6) is 0. The minimum atomic E-state index is -0.231. The Morgan fingerprint density at radius 2 is 2.00 bits per heavy atom. The molecule has 0 aromatic heterocycles. The van der Waals surface area contributed by atoms with Gasteiger partial charge < -0.3 is 15.2 Å². The molecule has 1 atom stereocenters. The molecule has 2 N–H and O–H groups in total. The lowest BCUT2D eigenvalue weighted by Crippen LogP contribution is -2.19. The van der Waals surface area contributed by atoms with Gasteiger partial charge in [0.05, 0.1) is 13.2 Å². The maximum atomic E-state index is 6.06. The van der Waals surface area contributed by atoms with E-state index < -0.39 is 0 Å². The third-order valence-corrected chi connectivity index (χ3v) is 3.07. The number of ether oxygens (including phenoxy) is 2. The molecule has 0 aliphatic carbocycles. The molecule has 0 radical (unpaired) electrons. The van der Waals surface area contributed by atoms with Gasteiger partial charge in [0.25, 0.3) is 0 Å². The van der Waals surface area contributed by atoms with E-state index >= 15 is 0 Å². The van der Waals surface area contributed by atoms with Gasteiger partial charge in [0, 0.05) is 22.5 Å². The molecule has 1 aliphatic rings. The summed E-state index contributed by atoms with van der Waals surface area (Å²) in [5.41, 5.74) is 6.87. The van der Waals surface area contributed by atoms with Crippen molar-refractivity contribution in [2.45, 2.75) is 18.8 Å². The fourth-order valence-corrected chi connectivity index (χ4v) is 2.11. The van der Waals surface area contributed by atoms with Crippen LogP contribution in [0.4, 0.5) is 0 Å². The van der Waals surface area contributed by atoms with Crippen LogP contribution >= 0.6 is 23.2 Å². The molecule has 5 heteroatoms. The van der Waals surface area contributed by atoms with Gasteiger partial charge in [0.15, 0.2) is 6.29 Å². The molecule has 0 bridgehead atoms. The van der Waals surface area contributed by atoms with Gasteiger partial charge in [0.2, 0.25) is 0 Å². The second-order valence-corrected chi connectivity index (χ2v) is 4.52. The van der Waals surface area contributed by atoms with E-state index in [1.54, 1.807) is 18.2 Å². The van der Waals surface area contributed by atoms with Crippen LogP contribution in [0.25, 0.3) is 0 Å². The van der Waals surface area contributed by atoms with Crippen LogP contribution < -0.4 is 5.73 Å². The summed E-state index contributed by atoms with van der Waals surface area (Å²) in [4.78, 5) is 0. The summed E-state index contributed by atoms with van der Waals surface area (Å²) in [6.07, 6.45) is 0.352. The molecular weight excluding hydrogens is 249 g/mol. The molecular formula is C11H13Cl2NO2. The van der Waals surface area contributed by atoms with Crippen LogP contribution in [0, 0.1) is 0 Å². The summed E-state index contributed by atoms with van der Waals surface area (Å²) >= 11 is 12.0. The van der Waals surface area contributed by atoms with Crippen LogP contribution in [0.1, 0.15) is 18.0 Å². The van der Waals surface area contributed by atoms with Crippen molar-refractivity contribution in [1.82, 2.24) is 0 Å². The van der Waals surface area contributed by atoms with E-state index in [4.69, 9.17) is 38.4 Å². The van der Waals surface area contributed by atoms with Crippen molar-refractivity contribution in [2.24, 2.45) is 5.73 Å². The van der Waals surface area contributed by atoms with Crippen LogP contribution in [0.5, 0.6) is 0 Å². The molecule has 1 heterocycles. The lowest BCUT2D eigenvalue weighted by Gasteiger charge is -2.17. The first-order valence-electron chi connectivity index (χ1n) is 5.10. The summed E-state index contributed by atoms with van der Waals surface area (Å²) < 4.78 is 10.7. The van der Waals surface area contributed by atoms with Crippen molar-refractivity contribution in [3.05, 3.63) is 33.8 Å². The van der Waals surface area contributed by atoms with Crippen LogP contribution in [0.3, 0.4) is 0 Å². The molecule has 1 aliphatic heterocycles. The standard InChI is InChI=1S/C11H13Cl2NO2/c12-7-1-2-9(13)8(5-7)10(14)6-11-15-3-4-16-11/h1-2,5,10-11H,3-4,6,14H2. The first-order valence-corrected chi connectivity index (χ1v) is 5.86. The van der Waals surface area contributed by atoms with Crippen LogP contribution in [0.15, 0.2) is 18.2 Å². The fraction of sp³-hybridized carbons (Fsp3) is 0.455. The number of hydrogen-bond donors (Lipinski definition) is 1. The van der Waals surface area contributed by atoms with E-state index in [1.165, 1.54) is 0 Å². The van der Waals surface area contributed by atoms with Gasteiger partial charge in [-0.1, -0.05) is 23.2 Å². The minimum absolute atomic E-state index is 0.228. The van der Waals surface area contributed by atoms with E-state index in [1.807, 2.05) is 0 Å². The van der Waals surface area contributed by atoms with Crippen LogP contribution in [-0.4, -0.2) is 19.5 Å². The Balaban J connectivity index is 2.07. The lowest BCUT2D eigenvalue weighted by molar-refractivity contribution is -0.0507. The molecule has 3 nitrogen and oxygen atoms in total. The van der Waals surface area contributed by atoms with Gasteiger partial charge in [0.1, 0.15) is 0 Å². The normalized spacial score (nSPS) is 18.9. The molecule has 16 heavy (non-hydrogen) atoms. The Bertz CT molecular complexity index is 367. The third kappa shape index (κ3) is 2.87. The predicted octanol–water partition coefficient (Wildman–Crippen LogP) is 2.76. The van der Waals surface area contributed by atoms with E-state index in [2.05, 4.69) is 0 Å². The van der Waals surface area contributed by atoms with Crippen LogP contribution in [-0.2, 0) is 9.47 Å². The Kier molecular flexibility index (Phi) is 4.05. The highest BCUT2D eigenvalue weighted by atomic mass is 35.5. The van der Waals surface area contributed by atoms with Crippen molar-refractivity contribution < 1.29 is 9.47 Å². The minimum Gasteiger partial charge on any atom is -0.350 e. The molecule has 88 valence electrons. The number of halogens is 2. The first kappa shape index (κ1) is 12.1. The first-order chi connectivity index (χ1) is 7.66. The van der Waals surface area contributed by atoms with Crippen molar-refractivity contribution in [3.8, 4) is 0 Å². The largest absolute Gasteiger partial charge is 0.350 e. The van der Waals surface area contributed by atoms with Crippen molar-refractivity contribution in [3.63, 3.8) is 0 Å². The Hall–Kier alpha value is -0.320. The second-order valence-electron chi connectivity index (χ2n) is 3.68. The van der Waals surface area contributed by atoms with E-state index in [-0.39, 0.29) is 12.3 Å². The summed E-state index contributed by atoms with van der Waals surface area (Å²) in [6, 6.07) is 5.04. The fourth-order valence-electron chi connectivity index (χ4n) is 1.68. The zero-order valence-electron chi connectivity index (χ0n) is 8.66. The van der Waals surface area contributed by atoms with Crippen molar-refractivity contribution in [1.29, 1.82) is 0 Å². The number of nitrogens with two attached hydrogens (primary N) is 1. The quantitative estimate of drug-likeness (QED) is 0.910. The number of rotatable bonds is 3. The molecule has 0 amide bonds. The average molecular weight is 262 g/mol. The predicted molar refractivity (Wildman–Crippen MR) is 63.7 cm³/mol. The Morgan fingerprint density at radius 3 is 2.69 bits per heavy atom. The zero-order chi connectivity index (χ0) is 11.5. The molecule has 2 rings (SSSR count). The molecule has 0 spiro atoms. The number of benzene rings is 1. The summed E-state index contributed by atoms with van der Waals surface area (Å²) in [5, 5.41) is 1.25. The highest BCUT2D eigenvalue weighted by Gasteiger charge is 2.21. The lowest BCUT2D eigenvalue weighted by atomic mass is 10.0. The van der Waals surface area contributed by atoms with Gasteiger partial charge in [-0.2, -0.15) is 0 Å². The van der Waals surface area contributed by atoms with E-state index in [0.29, 0.717) is 29.7 Å². The highest BCUT2D eigenvalue weighted by Crippen LogP contribution is 2.28.